The van der Waals surface area contributed by atoms with E-state index in [4.69, 9.17) is 24.9 Å². The molecule has 0 unspecified atom stereocenters. The molecule has 1 aliphatic heterocycles. The van der Waals surface area contributed by atoms with Crippen LogP contribution in [0.2, 0.25) is 0 Å². The van der Waals surface area contributed by atoms with E-state index in [1.54, 1.807) is 22.9 Å². The minimum absolute atomic E-state index is 0.164. The Bertz CT molecular complexity index is 1680. The van der Waals surface area contributed by atoms with Crippen LogP contribution in [-0.2, 0) is 29.2 Å². The van der Waals surface area contributed by atoms with Crippen LogP contribution in [0.1, 0.15) is 51.9 Å². The number of anilines is 1. The molecule has 3 amide bonds. The van der Waals surface area contributed by atoms with Gasteiger partial charge in [-0.25, -0.2) is 9.78 Å². The normalized spacial score (nSPS) is 13.4. The van der Waals surface area contributed by atoms with Crippen molar-refractivity contribution in [3.8, 4) is 5.75 Å². The highest BCUT2D eigenvalue weighted by molar-refractivity contribution is 6.04. The number of benzene rings is 2. The van der Waals surface area contributed by atoms with E-state index < -0.39 is 12.0 Å². The molecule has 0 aliphatic carbocycles. The van der Waals surface area contributed by atoms with E-state index in [-0.39, 0.29) is 24.0 Å². The number of carbonyl (C=O) groups is 3. The Balaban J connectivity index is 1.35. The highest BCUT2D eigenvalue weighted by atomic mass is 16.5. The van der Waals surface area contributed by atoms with Crippen LogP contribution in [0.25, 0.3) is 11.0 Å². The fourth-order valence-electron chi connectivity index (χ4n) is 5.43. The molecule has 47 heavy (non-hydrogen) atoms. The zero-order valence-corrected chi connectivity index (χ0v) is 26.9. The lowest BCUT2D eigenvalue weighted by Gasteiger charge is -2.26. The minimum Gasteiger partial charge on any atom is -0.491 e. The zero-order chi connectivity index (χ0) is 33.2. The molecule has 4 aromatic rings. The molecule has 2 aromatic carbocycles. The molecule has 250 valence electrons. The second-order valence-corrected chi connectivity index (χ2v) is 11.2. The summed E-state index contributed by atoms with van der Waals surface area (Å²) in [5.74, 6) is -0.311. The maximum absolute atomic E-state index is 13.4. The van der Waals surface area contributed by atoms with Crippen LogP contribution >= 0.6 is 0 Å². The average molecular weight is 647 g/mol. The fourth-order valence-corrected chi connectivity index (χ4v) is 5.43. The summed E-state index contributed by atoms with van der Waals surface area (Å²) in [6.07, 6.45) is 0.709. The van der Waals surface area contributed by atoms with Crippen LogP contribution in [0.5, 0.6) is 5.75 Å². The lowest BCUT2D eigenvalue weighted by molar-refractivity contribution is 0.0358. The predicted octanol–water partition coefficient (Wildman–Crippen LogP) is 3.33. The summed E-state index contributed by atoms with van der Waals surface area (Å²) in [6.45, 7) is 9.50. The summed E-state index contributed by atoms with van der Waals surface area (Å²) in [7, 11) is 0. The molecule has 0 bridgehead atoms. The summed E-state index contributed by atoms with van der Waals surface area (Å²) >= 11 is 0. The molecule has 1 fully saturated rings. The smallest absolute Gasteiger partial charge is 0.407 e. The average Bonchev–Trinajstić information content (AvgIpc) is 3.64. The Morgan fingerprint density at radius 1 is 1.04 bits per heavy atom. The van der Waals surface area contributed by atoms with Crippen molar-refractivity contribution in [2.75, 3.05) is 51.3 Å². The number of nitrogens with one attached hydrogen (secondary N) is 2. The van der Waals surface area contributed by atoms with Crippen LogP contribution in [-0.4, -0.2) is 88.1 Å². The molecule has 1 aliphatic rings. The largest absolute Gasteiger partial charge is 0.491 e. The topological polar surface area (TPSA) is 168 Å². The first kappa shape index (κ1) is 33.4. The van der Waals surface area contributed by atoms with Crippen molar-refractivity contribution in [2.45, 2.75) is 46.4 Å². The van der Waals surface area contributed by atoms with E-state index in [1.165, 1.54) is 0 Å². The van der Waals surface area contributed by atoms with Crippen LogP contribution in [0.4, 0.5) is 10.7 Å². The van der Waals surface area contributed by atoms with Gasteiger partial charge in [0, 0.05) is 44.8 Å². The van der Waals surface area contributed by atoms with Crippen molar-refractivity contribution in [3.05, 3.63) is 71.0 Å². The lowest BCUT2D eigenvalue weighted by Crippen LogP contribution is -2.37. The summed E-state index contributed by atoms with van der Waals surface area (Å²) in [6, 6.07) is 14.3. The molecule has 5 rings (SSSR count). The number of ether oxygens (including phenoxy) is 3. The summed E-state index contributed by atoms with van der Waals surface area (Å²) < 4.78 is 20.5. The number of aryl methyl sites for hydroxylation is 3. The van der Waals surface area contributed by atoms with E-state index in [2.05, 4.69) is 20.6 Å². The van der Waals surface area contributed by atoms with Crippen LogP contribution in [0, 0.1) is 6.92 Å². The number of imidazole rings is 1. The number of alkyl carbamates (subject to hydrolysis) is 1. The summed E-state index contributed by atoms with van der Waals surface area (Å²) in [5, 5.41) is 10.1. The standard InChI is InChI=1S/C33H42N8O6/c1-3-41-27(19-23(2)38-41)31(43)37-32-36-26-20-25(30(34)42)21-28(46-16-8-12-39-14-17-45-18-15-39)29(26)40(32)13-7-11-35-33(44)47-22-24-9-5-4-6-10-24/h4-6,9-10,19-21H,3,7-8,11-18,22H2,1-2H3,(H2,34,42)(H,35,44)(H,36,37,43). The van der Waals surface area contributed by atoms with E-state index >= 15 is 0 Å². The van der Waals surface area contributed by atoms with Crippen LogP contribution in [0.15, 0.2) is 48.5 Å². The number of hydrogen-bond acceptors (Lipinski definition) is 9. The van der Waals surface area contributed by atoms with Gasteiger partial charge in [0.1, 0.15) is 23.6 Å². The maximum atomic E-state index is 13.4. The lowest BCUT2D eigenvalue weighted by atomic mass is 10.1. The molecule has 0 spiro atoms. The first-order valence-corrected chi connectivity index (χ1v) is 15.9. The van der Waals surface area contributed by atoms with Crippen molar-refractivity contribution in [1.82, 2.24) is 29.5 Å². The number of fused-ring (bicyclic) bond motifs is 1. The molecule has 0 atom stereocenters. The van der Waals surface area contributed by atoms with Gasteiger partial charge in [0.25, 0.3) is 5.91 Å². The summed E-state index contributed by atoms with van der Waals surface area (Å²) in [4.78, 5) is 45.1. The number of nitrogens with zero attached hydrogens (tertiary/aromatic N) is 5. The molecule has 14 nitrogen and oxygen atoms in total. The maximum Gasteiger partial charge on any atom is 0.407 e. The van der Waals surface area contributed by atoms with Gasteiger partial charge in [-0.15, -0.1) is 0 Å². The van der Waals surface area contributed by atoms with Crippen molar-refractivity contribution in [2.24, 2.45) is 5.73 Å². The minimum atomic E-state index is -0.620. The van der Waals surface area contributed by atoms with Crippen molar-refractivity contribution < 1.29 is 28.6 Å². The van der Waals surface area contributed by atoms with Crippen molar-refractivity contribution >= 4 is 34.9 Å². The molecular weight excluding hydrogens is 604 g/mol. The number of morpholine rings is 1. The van der Waals surface area contributed by atoms with E-state index in [0.29, 0.717) is 68.4 Å². The number of amides is 3. The van der Waals surface area contributed by atoms with E-state index in [1.807, 2.05) is 48.7 Å². The zero-order valence-electron chi connectivity index (χ0n) is 26.9. The number of rotatable bonds is 15. The number of nitrogens with two attached hydrogens (primary N) is 1. The van der Waals surface area contributed by atoms with Gasteiger partial charge in [0.2, 0.25) is 11.9 Å². The quantitative estimate of drug-likeness (QED) is 0.164. The van der Waals surface area contributed by atoms with Gasteiger partial charge in [0.15, 0.2) is 0 Å². The number of aromatic nitrogens is 4. The second-order valence-electron chi connectivity index (χ2n) is 11.2. The van der Waals surface area contributed by atoms with Crippen LogP contribution in [0.3, 0.4) is 0 Å². The fraction of sp³-hybridized carbons (Fsp3) is 0.424. The molecule has 0 radical (unpaired) electrons. The predicted molar refractivity (Wildman–Crippen MR) is 175 cm³/mol. The molecule has 1 saturated heterocycles. The van der Waals surface area contributed by atoms with E-state index in [9.17, 15) is 14.4 Å². The van der Waals surface area contributed by atoms with E-state index in [0.717, 1.165) is 37.3 Å². The monoisotopic (exact) mass is 646 g/mol. The molecule has 4 N–H and O–H groups in total. The molecule has 14 heteroatoms. The first-order chi connectivity index (χ1) is 22.8. The van der Waals surface area contributed by atoms with Gasteiger partial charge < -0.3 is 29.8 Å². The van der Waals surface area contributed by atoms with Crippen LogP contribution < -0.4 is 21.1 Å². The Morgan fingerprint density at radius 3 is 2.57 bits per heavy atom. The second kappa shape index (κ2) is 16.1. The Kier molecular flexibility index (Phi) is 11.4. The number of carbonyl (C=O) groups excluding carboxylic acids is 3. The third-order valence-corrected chi connectivity index (χ3v) is 7.77. The molecule has 0 saturated carbocycles. The van der Waals surface area contributed by atoms with Crippen molar-refractivity contribution in [1.29, 1.82) is 0 Å². The Morgan fingerprint density at radius 2 is 1.83 bits per heavy atom. The van der Waals surface area contributed by atoms with Gasteiger partial charge >= 0.3 is 6.09 Å². The van der Waals surface area contributed by atoms with Gasteiger partial charge in [-0.05, 0) is 50.5 Å². The molecular formula is C33H42N8O6. The Labute approximate surface area is 273 Å². The highest BCUT2D eigenvalue weighted by Gasteiger charge is 2.22. The molecule has 3 heterocycles. The van der Waals surface area contributed by atoms with Gasteiger partial charge in [0.05, 0.1) is 31.0 Å². The third kappa shape index (κ3) is 8.86. The number of primary amides is 1. The van der Waals surface area contributed by atoms with Gasteiger partial charge in [-0.3, -0.25) is 24.5 Å². The Hall–Kier alpha value is -4.95. The van der Waals surface area contributed by atoms with Crippen molar-refractivity contribution in [3.63, 3.8) is 0 Å². The highest BCUT2D eigenvalue weighted by Crippen LogP contribution is 2.31. The van der Waals surface area contributed by atoms with Gasteiger partial charge in [-0.1, -0.05) is 30.3 Å². The first-order valence-electron chi connectivity index (χ1n) is 15.9. The number of hydrogen-bond donors (Lipinski definition) is 3. The third-order valence-electron chi connectivity index (χ3n) is 7.77. The van der Waals surface area contributed by atoms with Gasteiger partial charge in [-0.2, -0.15) is 5.10 Å². The molecule has 2 aromatic heterocycles. The summed E-state index contributed by atoms with van der Waals surface area (Å²) in [5.41, 5.74) is 8.95. The SMILES string of the molecule is CCn1nc(C)cc1C(=O)Nc1nc2cc(C(N)=O)cc(OCCCN3CCOCC3)c2n1CCCNC(=O)OCc1ccccc1.